The molecular formula is C16H20N4O. The lowest BCUT2D eigenvalue weighted by atomic mass is 9.62. The van der Waals surface area contributed by atoms with E-state index in [2.05, 4.69) is 15.3 Å². The van der Waals surface area contributed by atoms with Crippen LogP contribution in [-0.4, -0.2) is 22.4 Å². The molecule has 2 aromatic rings. The number of piperidine rings is 1. The molecule has 1 atom stereocenters. The van der Waals surface area contributed by atoms with Crippen LogP contribution in [0.1, 0.15) is 54.3 Å². The van der Waals surface area contributed by atoms with Gasteiger partial charge in [-0.2, -0.15) is 0 Å². The molecule has 1 amide bonds. The maximum atomic E-state index is 11.5. The van der Waals surface area contributed by atoms with Gasteiger partial charge in [-0.05, 0) is 49.8 Å². The Kier molecular flexibility index (Phi) is 2.79. The number of hydrogen-bond acceptors (Lipinski definition) is 3. The highest BCUT2D eigenvalue weighted by Gasteiger charge is 2.42. The van der Waals surface area contributed by atoms with Crippen LogP contribution in [0.3, 0.4) is 0 Å². The van der Waals surface area contributed by atoms with Gasteiger partial charge in [-0.25, -0.2) is 4.98 Å². The average Bonchev–Trinajstić information content (AvgIpc) is 2.89. The fourth-order valence-corrected chi connectivity index (χ4v) is 3.86. The van der Waals surface area contributed by atoms with Crippen molar-refractivity contribution in [1.82, 2.24) is 15.3 Å². The molecule has 1 spiro atoms. The molecule has 4 N–H and O–H groups in total. The van der Waals surface area contributed by atoms with Crippen molar-refractivity contribution in [3.8, 4) is 0 Å². The van der Waals surface area contributed by atoms with Gasteiger partial charge in [0.15, 0.2) is 0 Å². The van der Waals surface area contributed by atoms with E-state index in [1.807, 2.05) is 12.1 Å². The van der Waals surface area contributed by atoms with Gasteiger partial charge in [0.25, 0.3) is 5.91 Å². The van der Waals surface area contributed by atoms with Crippen LogP contribution < -0.4 is 11.1 Å². The second kappa shape index (κ2) is 4.56. The van der Waals surface area contributed by atoms with E-state index >= 15 is 0 Å². The lowest BCUT2D eigenvalue weighted by molar-refractivity contribution is 0.0615. The maximum Gasteiger partial charge on any atom is 0.250 e. The third-order valence-electron chi connectivity index (χ3n) is 5.22. The van der Waals surface area contributed by atoms with Crippen molar-refractivity contribution in [2.75, 3.05) is 6.54 Å². The number of aromatic nitrogens is 2. The number of carbonyl (C=O) groups is 1. The highest BCUT2D eigenvalue weighted by Crippen LogP contribution is 2.51. The zero-order chi connectivity index (χ0) is 14.4. The molecule has 2 fully saturated rings. The Labute approximate surface area is 123 Å². The van der Waals surface area contributed by atoms with Gasteiger partial charge in [0.1, 0.15) is 11.3 Å². The molecule has 2 aliphatic rings. The summed E-state index contributed by atoms with van der Waals surface area (Å²) in [7, 11) is 0. The average molecular weight is 284 g/mol. The molecule has 0 radical (unpaired) electrons. The van der Waals surface area contributed by atoms with Crippen LogP contribution >= 0.6 is 0 Å². The molecule has 5 nitrogen and oxygen atoms in total. The molecule has 1 saturated carbocycles. The van der Waals surface area contributed by atoms with E-state index in [0.717, 1.165) is 24.3 Å². The number of nitrogens with zero attached hydrogens (tertiary/aromatic N) is 1. The number of benzene rings is 1. The van der Waals surface area contributed by atoms with E-state index in [1.54, 1.807) is 6.07 Å². The van der Waals surface area contributed by atoms with E-state index < -0.39 is 5.91 Å². The Morgan fingerprint density at radius 2 is 2.19 bits per heavy atom. The van der Waals surface area contributed by atoms with Gasteiger partial charge in [-0.1, -0.05) is 12.5 Å². The predicted octanol–water partition coefficient (Wildman–Crippen LogP) is 2.26. The lowest BCUT2D eigenvalue weighted by Gasteiger charge is -2.47. The number of para-hydroxylation sites is 1. The fraction of sp³-hybridized carbons (Fsp3) is 0.500. The van der Waals surface area contributed by atoms with Crippen LogP contribution in [0.25, 0.3) is 11.0 Å². The third kappa shape index (κ3) is 2.03. The molecule has 1 unspecified atom stereocenters. The summed E-state index contributed by atoms with van der Waals surface area (Å²) in [5, 5.41) is 3.56. The lowest BCUT2D eigenvalue weighted by Crippen LogP contribution is -2.43. The molecule has 5 heteroatoms. The number of imidazole rings is 1. The predicted molar refractivity (Wildman–Crippen MR) is 80.9 cm³/mol. The molecule has 1 aromatic carbocycles. The van der Waals surface area contributed by atoms with Crippen molar-refractivity contribution >= 4 is 16.9 Å². The second-order valence-corrected chi connectivity index (χ2v) is 6.50. The Balaban J connectivity index is 1.70. The summed E-state index contributed by atoms with van der Waals surface area (Å²) < 4.78 is 0. The van der Waals surface area contributed by atoms with Gasteiger partial charge in [-0.3, -0.25) is 4.79 Å². The standard InChI is InChI=1S/C16H20N4O/c17-14(21)10-3-1-4-11-13(10)20-15(19-11)12-9-16(5-2-6-16)7-8-18-12/h1,3-4,12,18H,2,5-9H2,(H2,17,21)(H,19,20). The molecule has 1 saturated heterocycles. The minimum Gasteiger partial charge on any atom is -0.366 e. The van der Waals surface area contributed by atoms with E-state index in [0.29, 0.717) is 16.5 Å². The second-order valence-electron chi connectivity index (χ2n) is 6.50. The first kappa shape index (κ1) is 12.8. The van der Waals surface area contributed by atoms with Crippen molar-refractivity contribution < 1.29 is 4.79 Å². The summed E-state index contributed by atoms with van der Waals surface area (Å²) in [4.78, 5) is 19.5. The SMILES string of the molecule is NC(=O)c1cccc2[nH]c(C3CC4(CCC4)CCN3)nc12. The van der Waals surface area contributed by atoms with Crippen molar-refractivity contribution in [2.24, 2.45) is 11.1 Å². The van der Waals surface area contributed by atoms with Crippen LogP contribution in [0, 0.1) is 5.41 Å². The zero-order valence-electron chi connectivity index (χ0n) is 12.0. The molecule has 4 rings (SSSR count). The van der Waals surface area contributed by atoms with Crippen molar-refractivity contribution in [3.63, 3.8) is 0 Å². The van der Waals surface area contributed by atoms with Gasteiger partial charge in [0, 0.05) is 0 Å². The minimum absolute atomic E-state index is 0.257. The molecule has 0 bridgehead atoms. The van der Waals surface area contributed by atoms with E-state index in [-0.39, 0.29) is 6.04 Å². The monoisotopic (exact) mass is 284 g/mol. The molecular weight excluding hydrogens is 264 g/mol. The summed E-state index contributed by atoms with van der Waals surface area (Å²) in [5.74, 6) is 0.510. The number of nitrogens with one attached hydrogen (secondary N) is 2. The molecule has 110 valence electrons. The molecule has 2 heterocycles. The van der Waals surface area contributed by atoms with E-state index in [1.165, 1.54) is 25.7 Å². The van der Waals surface area contributed by atoms with Crippen LogP contribution in [0.15, 0.2) is 18.2 Å². The van der Waals surface area contributed by atoms with Crippen LogP contribution in [-0.2, 0) is 0 Å². The van der Waals surface area contributed by atoms with Crippen molar-refractivity contribution in [1.29, 1.82) is 0 Å². The van der Waals surface area contributed by atoms with Gasteiger partial charge in [0.2, 0.25) is 0 Å². The number of amides is 1. The summed E-state index contributed by atoms with van der Waals surface area (Å²) >= 11 is 0. The number of fused-ring (bicyclic) bond motifs is 1. The Bertz CT molecular complexity index is 701. The fourth-order valence-electron chi connectivity index (χ4n) is 3.86. The topological polar surface area (TPSA) is 83.8 Å². The first-order valence-corrected chi connectivity index (χ1v) is 7.69. The van der Waals surface area contributed by atoms with Crippen molar-refractivity contribution in [2.45, 2.75) is 38.1 Å². The number of aromatic amines is 1. The van der Waals surface area contributed by atoms with Crippen LogP contribution in [0.2, 0.25) is 0 Å². The number of nitrogens with two attached hydrogens (primary N) is 1. The largest absolute Gasteiger partial charge is 0.366 e. The molecule has 1 aliphatic carbocycles. The highest BCUT2D eigenvalue weighted by molar-refractivity contribution is 6.04. The van der Waals surface area contributed by atoms with Crippen LogP contribution in [0.4, 0.5) is 0 Å². The van der Waals surface area contributed by atoms with E-state index in [9.17, 15) is 4.79 Å². The van der Waals surface area contributed by atoms with Gasteiger partial charge < -0.3 is 16.0 Å². The number of primary amides is 1. The number of carbonyl (C=O) groups excluding carboxylic acids is 1. The minimum atomic E-state index is -0.425. The first-order chi connectivity index (χ1) is 10.2. The molecule has 1 aromatic heterocycles. The zero-order valence-corrected chi connectivity index (χ0v) is 12.0. The quantitative estimate of drug-likeness (QED) is 0.791. The van der Waals surface area contributed by atoms with Gasteiger partial charge in [0.05, 0.1) is 17.1 Å². The summed E-state index contributed by atoms with van der Waals surface area (Å²) in [5.41, 5.74) is 8.03. The maximum absolute atomic E-state index is 11.5. The van der Waals surface area contributed by atoms with Gasteiger partial charge >= 0.3 is 0 Å². The number of rotatable bonds is 2. The Morgan fingerprint density at radius 3 is 2.90 bits per heavy atom. The Morgan fingerprint density at radius 1 is 1.33 bits per heavy atom. The first-order valence-electron chi connectivity index (χ1n) is 7.69. The third-order valence-corrected chi connectivity index (χ3v) is 5.22. The Hall–Kier alpha value is -1.88. The summed E-state index contributed by atoms with van der Waals surface area (Å²) in [6, 6.07) is 5.77. The summed E-state index contributed by atoms with van der Waals surface area (Å²) in [6.07, 6.45) is 6.46. The smallest absolute Gasteiger partial charge is 0.250 e. The highest BCUT2D eigenvalue weighted by atomic mass is 16.1. The molecule has 21 heavy (non-hydrogen) atoms. The summed E-state index contributed by atoms with van der Waals surface area (Å²) in [6.45, 7) is 1.05. The number of hydrogen-bond donors (Lipinski definition) is 3. The normalized spacial score (nSPS) is 24.1. The molecule has 1 aliphatic heterocycles. The van der Waals surface area contributed by atoms with Crippen molar-refractivity contribution in [3.05, 3.63) is 29.6 Å². The van der Waals surface area contributed by atoms with Gasteiger partial charge in [-0.15, -0.1) is 0 Å². The van der Waals surface area contributed by atoms with E-state index in [4.69, 9.17) is 5.73 Å². The van der Waals surface area contributed by atoms with Crippen LogP contribution in [0.5, 0.6) is 0 Å². The number of H-pyrrole nitrogens is 1.